The zero-order valence-corrected chi connectivity index (χ0v) is 21.1. The first kappa shape index (κ1) is 30.8. The van der Waals surface area contributed by atoms with E-state index in [4.69, 9.17) is 22.9 Å². The van der Waals surface area contributed by atoms with Gasteiger partial charge in [0.05, 0.1) is 24.2 Å². The molecule has 0 saturated carbocycles. The standard InChI is InChI=1S/C21H24F6N8OS2/c22-20(23,24)13-9-11(1-3-15(13)37-7-5-32-17(28)29)34-19(36)35-12-2-4-16(14(10-12)21(25,26)27)38-8-6-33-18(30)31/h1-4,9-10H,5-8H2,(H4,28,29,32)(H4,30,31,33)(H2,34,35,36). The van der Waals surface area contributed by atoms with E-state index in [1.54, 1.807) is 0 Å². The fourth-order valence-corrected chi connectivity index (χ4v) is 4.66. The predicted octanol–water partition coefficient (Wildman–Crippen LogP) is 4.10. The van der Waals surface area contributed by atoms with E-state index in [2.05, 4.69) is 20.6 Å². The number of amides is 2. The molecule has 17 heteroatoms. The molecule has 0 aromatic heterocycles. The highest BCUT2D eigenvalue weighted by Crippen LogP contribution is 2.39. The maximum atomic E-state index is 13.6. The number of benzene rings is 2. The largest absolute Gasteiger partial charge is 0.417 e. The highest BCUT2D eigenvalue weighted by atomic mass is 32.2. The summed E-state index contributed by atoms with van der Waals surface area (Å²) < 4.78 is 81.3. The van der Waals surface area contributed by atoms with E-state index in [1.165, 1.54) is 12.1 Å². The molecule has 0 bridgehead atoms. The number of hydrogen-bond donors (Lipinski definition) is 6. The summed E-state index contributed by atoms with van der Waals surface area (Å²) in [5.41, 5.74) is 18.3. The Hall–Kier alpha value is -3.47. The number of aliphatic imine (C=N–C) groups is 2. The minimum Gasteiger partial charge on any atom is -0.370 e. The molecule has 2 aromatic carbocycles. The molecule has 9 nitrogen and oxygen atoms in total. The summed E-state index contributed by atoms with van der Waals surface area (Å²) in [6, 6.07) is 5.20. The molecule has 208 valence electrons. The highest BCUT2D eigenvalue weighted by Gasteiger charge is 2.35. The molecule has 0 saturated heterocycles. The van der Waals surface area contributed by atoms with Gasteiger partial charge in [0.25, 0.3) is 0 Å². The third-order valence-electron chi connectivity index (χ3n) is 4.37. The first-order valence-electron chi connectivity index (χ1n) is 10.5. The van der Waals surface area contributed by atoms with Crippen LogP contribution in [-0.4, -0.2) is 42.5 Å². The zero-order chi connectivity index (χ0) is 28.5. The van der Waals surface area contributed by atoms with E-state index in [9.17, 15) is 31.1 Å². The normalized spacial score (nSPS) is 11.5. The molecule has 0 radical (unpaired) electrons. The molecule has 0 aliphatic rings. The lowest BCUT2D eigenvalue weighted by atomic mass is 10.2. The third kappa shape index (κ3) is 10.1. The van der Waals surface area contributed by atoms with Crippen molar-refractivity contribution in [2.75, 3.05) is 35.2 Å². The Bertz CT molecular complexity index is 1090. The molecule has 2 amide bonds. The van der Waals surface area contributed by atoms with Crippen LogP contribution in [-0.2, 0) is 12.4 Å². The van der Waals surface area contributed by atoms with Crippen LogP contribution in [0.3, 0.4) is 0 Å². The number of carbonyl (C=O) groups is 1. The van der Waals surface area contributed by atoms with Crippen molar-refractivity contribution in [2.24, 2.45) is 32.9 Å². The zero-order valence-electron chi connectivity index (χ0n) is 19.5. The first-order chi connectivity index (χ1) is 17.7. The average Bonchev–Trinajstić information content (AvgIpc) is 2.79. The number of halogens is 6. The van der Waals surface area contributed by atoms with Gasteiger partial charge in [-0.05, 0) is 36.4 Å². The fraction of sp³-hybridized carbons (Fsp3) is 0.286. The number of alkyl halides is 6. The predicted molar refractivity (Wildman–Crippen MR) is 138 cm³/mol. The Morgan fingerprint density at radius 1 is 0.711 bits per heavy atom. The Morgan fingerprint density at radius 2 is 1.08 bits per heavy atom. The van der Waals surface area contributed by atoms with Crippen LogP contribution in [0.5, 0.6) is 0 Å². The summed E-state index contributed by atoms with van der Waals surface area (Å²) in [6.07, 6.45) is -9.47. The van der Waals surface area contributed by atoms with Gasteiger partial charge in [0.1, 0.15) is 0 Å². The van der Waals surface area contributed by atoms with Crippen LogP contribution in [0.15, 0.2) is 56.2 Å². The van der Waals surface area contributed by atoms with E-state index < -0.39 is 29.5 Å². The SMILES string of the molecule is NC(N)=NCCSc1ccc(NC(=O)Nc2ccc(SCCN=C(N)N)c(C(F)(F)F)c2)cc1C(F)(F)F. The number of nitrogens with one attached hydrogen (secondary N) is 2. The molecule has 0 aliphatic carbocycles. The van der Waals surface area contributed by atoms with Gasteiger partial charge in [0.15, 0.2) is 11.9 Å². The van der Waals surface area contributed by atoms with Crippen molar-refractivity contribution in [2.45, 2.75) is 22.1 Å². The van der Waals surface area contributed by atoms with Gasteiger partial charge in [-0.3, -0.25) is 9.98 Å². The Kier molecular flexibility index (Phi) is 10.8. The minimum atomic E-state index is -4.73. The molecule has 0 fully saturated rings. The van der Waals surface area contributed by atoms with Crippen LogP contribution in [0.1, 0.15) is 11.1 Å². The molecule has 2 rings (SSSR count). The van der Waals surface area contributed by atoms with E-state index in [0.717, 1.165) is 47.8 Å². The number of thioether (sulfide) groups is 2. The van der Waals surface area contributed by atoms with Crippen LogP contribution >= 0.6 is 23.5 Å². The molecule has 0 heterocycles. The van der Waals surface area contributed by atoms with Crippen LogP contribution in [0.4, 0.5) is 42.5 Å². The molecule has 38 heavy (non-hydrogen) atoms. The van der Waals surface area contributed by atoms with Gasteiger partial charge in [-0.25, -0.2) is 4.79 Å². The van der Waals surface area contributed by atoms with Crippen molar-refractivity contribution in [3.63, 3.8) is 0 Å². The second kappa shape index (κ2) is 13.4. The Balaban J connectivity index is 2.15. The van der Waals surface area contributed by atoms with Crippen LogP contribution in [0.2, 0.25) is 0 Å². The quantitative estimate of drug-likeness (QED) is 0.0805. The lowest BCUT2D eigenvalue weighted by Crippen LogP contribution is -2.23. The average molecular weight is 583 g/mol. The van der Waals surface area contributed by atoms with Gasteiger partial charge in [0.2, 0.25) is 0 Å². The number of urea groups is 1. The molecule has 0 atom stereocenters. The summed E-state index contributed by atoms with van der Waals surface area (Å²) in [7, 11) is 0. The lowest BCUT2D eigenvalue weighted by molar-refractivity contribution is -0.140. The van der Waals surface area contributed by atoms with Crippen molar-refractivity contribution >= 4 is 52.8 Å². The summed E-state index contributed by atoms with van der Waals surface area (Å²) in [6.45, 7) is 0.195. The van der Waals surface area contributed by atoms with Gasteiger partial charge in [-0.1, -0.05) is 0 Å². The Labute approximate surface area is 221 Å². The van der Waals surface area contributed by atoms with E-state index in [1.807, 2.05) is 0 Å². The number of hydrogen-bond acceptors (Lipinski definition) is 5. The number of anilines is 2. The summed E-state index contributed by atoms with van der Waals surface area (Å²) >= 11 is 1.73. The van der Waals surface area contributed by atoms with Gasteiger partial charge in [-0.2, -0.15) is 26.3 Å². The minimum absolute atomic E-state index is 0.0974. The second-order valence-electron chi connectivity index (χ2n) is 7.31. The summed E-state index contributed by atoms with van der Waals surface area (Å²) in [5, 5.41) is 4.40. The number of guanidine groups is 2. The Morgan fingerprint density at radius 3 is 1.39 bits per heavy atom. The van der Waals surface area contributed by atoms with Gasteiger partial charge in [-0.15, -0.1) is 23.5 Å². The van der Waals surface area contributed by atoms with Crippen molar-refractivity contribution in [3.05, 3.63) is 47.5 Å². The van der Waals surface area contributed by atoms with E-state index in [0.29, 0.717) is 0 Å². The van der Waals surface area contributed by atoms with Gasteiger partial charge >= 0.3 is 18.4 Å². The van der Waals surface area contributed by atoms with Crippen LogP contribution in [0, 0.1) is 0 Å². The molecule has 0 unspecified atom stereocenters. The van der Waals surface area contributed by atoms with E-state index >= 15 is 0 Å². The second-order valence-corrected chi connectivity index (χ2v) is 9.58. The maximum Gasteiger partial charge on any atom is 0.417 e. The number of nitrogens with zero attached hydrogens (tertiary/aromatic N) is 2. The van der Waals surface area contributed by atoms with Crippen LogP contribution in [0.25, 0.3) is 0 Å². The highest BCUT2D eigenvalue weighted by molar-refractivity contribution is 7.99. The summed E-state index contributed by atoms with van der Waals surface area (Å²) in [5.74, 6) is -0.0481. The van der Waals surface area contributed by atoms with Crippen molar-refractivity contribution < 1.29 is 31.1 Å². The number of rotatable bonds is 10. The van der Waals surface area contributed by atoms with E-state index in [-0.39, 0.29) is 57.7 Å². The van der Waals surface area contributed by atoms with Gasteiger partial charge < -0.3 is 33.6 Å². The van der Waals surface area contributed by atoms with Crippen molar-refractivity contribution in [1.82, 2.24) is 0 Å². The van der Waals surface area contributed by atoms with Crippen LogP contribution < -0.4 is 33.6 Å². The van der Waals surface area contributed by atoms with Crippen molar-refractivity contribution in [1.29, 1.82) is 0 Å². The molecule has 2 aromatic rings. The number of carbonyl (C=O) groups excluding carboxylic acids is 1. The first-order valence-corrected chi connectivity index (χ1v) is 12.5. The lowest BCUT2D eigenvalue weighted by Gasteiger charge is -2.16. The third-order valence-corrected chi connectivity index (χ3v) is 6.48. The monoisotopic (exact) mass is 582 g/mol. The van der Waals surface area contributed by atoms with Gasteiger partial charge in [0, 0.05) is 32.7 Å². The van der Waals surface area contributed by atoms with Crippen molar-refractivity contribution in [3.8, 4) is 0 Å². The molecular formula is C21H24F6N8OS2. The topological polar surface area (TPSA) is 170 Å². The summed E-state index contributed by atoms with van der Waals surface area (Å²) in [4.78, 5) is 19.5. The molecule has 0 spiro atoms. The molecular weight excluding hydrogens is 558 g/mol. The maximum absolute atomic E-state index is 13.6. The molecule has 10 N–H and O–H groups in total. The molecule has 0 aliphatic heterocycles. The fourth-order valence-electron chi connectivity index (χ4n) is 2.86. The number of nitrogens with two attached hydrogens (primary N) is 4. The smallest absolute Gasteiger partial charge is 0.370 e.